The lowest BCUT2D eigenvalue weighted by atomic mass is 10.1. The number of amides is 1. The molecule has 2 nitrogen and oxygen atoms in total. The number of hydrogen-bond acceptors (Lipinski definition) is 3. The van der Waals surface area contributed by atoms with Crippen molar-refractivity contribution in [2.75, 3.05) is 13.1 Å². The second kappa shape index (κ2) is 4.36. The van der Waals surface area contributed by atoms with Crippen molar-refractivity contribution in [3.05, 3.63) is 16.3 Å². The minimum atomic E-state index is 0.176. The first kappa shape index (κ1) is 10.1. The first-order chi connectivity index (χ1) is 6.77. The van der Waals surface area contributed by atoms with E-state index in [1.54, 1.807) is 0 Å². The molecule has 1 fully saturated rings. The van der Waals surface area contributed by atoms with Crippen LogP contribution in [0.5, 0.6) is 0 Å². The Bertz CT molecular complexity index is 329. The van der Waals surface area contributed by atoms with Crippen LogP contribution in [0.15, 0.2) is 16.3 Å². The number of thiophene rings is 1. The summed E-state index contributed by atoms with van der Waals surface area (Å²) in [7, 11) is 0. The van der Waals surface area contributed by atoms with Gasteiger partial charge in [0.25, 0.3) is 5.91 Å². The van der Waals surface area contributed by atoms with E-state index in [2.05, 4.69) is 12.6 Å². The zero-order valence-corrected chi connectivity index (χ0v) is 9.61. The molecule has 0 bridgehead atoms. The van der Waals surface area contributed by atoms with E-state index in [0.29, 0.717) is 0 Å². The number of rotatable bonds is 1. The van der Waals surface area contributed by atoms with Gasteiger partial charge in [-0.1, -0.05) is 0 Å². The first-order valence-electron chi connectivity index (χ1n) is 4.84. The lowest BCUT2D eigenvalue weighted by molar-refractivity contribution is 0.0729. The molecular weight excluding hydrogens is 214 g/mol. The van der Waals surface area contributed by atoms with Crippen molar-refractivity contribution in [1.29, 1.82) is 0 Å². The molecule has 0 saturated carbocycles. The van der Waals surface area contributed by atoms with E-state index in [4.69, 9.17) is 0 Å². The lowest BCUT2D eigenvalue weighted by Gasteiger charge is -2.26. The third-order valence-electron chi connectivity index (χ3n) is 2.44. The fourth-order valence-electron chi connectivity index (χ4n) is 1.69. The Labute approximate surface area is 93.3 Å². The van der Waals surface area contributed by atoms with Crippen molar-refractivity contribution in [3.63, 3.8) is 0 Å². The van der Waals surface area contributed by atoms with Crippen LogP contribution in [0, 0.1) is 0 Å². The molecule has 0 aromatic carbocycles. The van der Waals surface area contributed by atoms with Gasteiger partial charge in [-0.05, 0) is 25.3 Å². The Morgan fingerprint density at radius 2 is 2.07 bits per heavy atom. The summed E-state index contributed by atoms with van der Waals surface area (Å²) in [6.07, 6.45) is 3.54. The molecule has 1 amide bonds. The van der Waals surface area contributed by atoms with Crippen LogP contribution < -0.4 is 0 Å². The average molecular weight is 227 g/mol. The monoisotopic (exact) mass is 227 g/mol. The standard InChI is InChI=1S/C10H13NOS2/c12-10(9-6-8(13)7-14-9)11-4-2-1-3-5-11/h6-7,13H,1-5H2. The third kappa shape index (κ3) is 2.12. The van der Waals surface area contributed by atoms with Gasteiger partial charge in [-0.2, -0.15) is 0 Å². The van der Waals surface area contributed by atoms with E-state index in [-0.39, 0.29) is 5.91 Å². The van der Waals surface area contributed by atoms with Crippen molar-refractivity contribution in [2.45, 2.75) is 24.2 Å². The van der Waals surface area contributed by atoms with Crippen LogP contribution in [0.1, 0.15) is 28.9 Å². The van der Waals surface area contributed by atoms with E-state index >= 15 is 0 Å². The molecule has 1 aliphatic rings. The Morgan fingerprint density at radius 3 is 2.64 bits per heavy atom. The number of nitrogens with zero attached hydrogens (tertiary/aromatic N) is 1. The molecule has 1 aromatic rings. The van der Waals surface area contributed by atoms with E-state index in [9.17, 15) is 4.79 Å². The van der Waals surface area contributed by atoms with Gasteiger partial charge >= 0.3 is 0 Å². The molecular formula is C10H13NOS2. The molecule has 1 saturated heterocycles. The highest BCUT2D eigenvalue weighted by molar-refractivity contribution is 7.80. The zero-order valence-electron chi connectivity index (χ0n) is 7.90. The number of likely N-dealkylation sites (tertiary alicyclic amines) is 1. The maximum Gasteiger partial charge on any atom is 0.263 e. The highest BCUT2D eigenvalue weighted by Gasteiger charge is 2.18. The van der Waals surface area contributed by atoms with Gasteiger partial charge in [-0.15, -0.1) is 24.0 Å². The molecule has 76 valence electrons. The van der Waals surface area contributed by atoms with E-state index in [1.165, 1.54) is 17.8 Å². The number of carbonyl (C=O) groups excluding carboxylic acids is 1. The van der Waals surface area contributed by atoms with E-state index in [0.717, 1.165) is 35.7 Å². The van der Waals surface area contributed by atoms with Crippen LogP contribution in [-0.2, 0) is 0 Å². The van der Waals surface area contributed by atoms with Crippen molar-refractivity contribution in [1.82, 2.24) is 4.90 Å². The van der Waals surface area contributed by atoms with Gasteiger partial charge < -0.3 is 4.90 Å². The maximum absolute atomic E-state index is 11.9. The largest absolute Gasteiger partial charge is 0.338 e. The van der Waals surface area contributed by atoms with Crippen LogP contribution in [0.3, 0.4) is 0 Å². The molecule has 4 heteroatoms. The molecule has 0 aliphatic carbocycles. The molecule has 0 unspecified atom stereocenters. The van der Waals surface area contributed by atoms with Gasteiger partial charge in [-0.25, -0.2) is 0 Å². The Morgan fingerprint density at radius 1 is 1.36 bits per heavy atom. The SMILES string of the molecule is O=C(c1cc(S)cs1)N1CCCCC1. The second-order valence-corrected chi connectivity index (χ2v) is 4.95. The fourth-order valence-corrected chi connectivity index (χ4v) is 2.81. The molecule has 2 rings (SSSR count). The topological polar surface area (TPSA) is 20.3 Å². The average Bonchev–Trinajstić information content (AvgIpc) is 2.65. The minimum absolute atomic E-state index is 0.176. The smallest absolute Gasteiger partial charge is 0.263 e. The van der Waals surface area contributed by atoms with E-state index < -0.39 is 0 Å². The Kier molecular flexibility index (Phi) is 3.13. The van der Waals surface area contributed by atoms with Crippen molar-refractivity contribution < 1.29 is 4.79 Å². The highest BCUT2D eigenvalue weighted by Crippen LogP contribution is 2.21. The van der Waals surface area contributed by atoms with Gasteiger partial charge in [0.1, 0.15) is 0 Å². The number of piperidine rings is 1. The van der Waals surface area contributed by atoms with E-state index in [1.807, 2.05) is 16.3 Å². The zero-order chi connectivity index (χ0) is 9.97. The summed E-state index contributed by atoms with van der Waals surface area (Å²) in [4.78, 5) is 15.6. The van der Waals surface area contributed by atoms with Gasteiger partial charge in [0.15, 0.2) is 0 Å². The molecule has 0 radical (unpaired) electrons. The van der Waals surface area contributed by atoms with Crippen molar-refractivity contribution in [3.8, 4) is 0 Å². The Balaban J connectivity index is 2.07. The number of thiol groups is 1. The van der Waals surface area contributed by atoms with Crippen LogP contribution in [0.25, 0.3) is 0 Å². The normalized spacial score (nSPS) is 17.1. The molecule has 0 atom stereocenters. The predicted molar refractivity (Wildman–Crippen MR) is 61.3 cm³/mol. The number of carbonyl (C=O) groups is 1. The van der Waals surface area contributed by atoms with Crippen LogP contribution in [-0.4, -0.2) is 23.9 Å². The maximum atomic E-state index is 11.9. The lowest BCUT2D eigenvalue weighted by Crippen LogP contribution is -2.35. The first-order valence-corrected chi connectivity index (χ1v) is 6.17. The fraction of sp³-hybridized carbons (Fsp3) is 0.500. The summed E-state index contributed by atoms with van der Waals surface area (Å²) in [5, 5.41) is 1.90. The summed E-state index contributed by atoms with van der Waals surface area (Å²) in [5.74, 6) is 0.176. The number of hydrogen-bond donors (Lipinski definition) is 1. The highest BCUT2D eigenvalue weighted by atomic mass is 32.1. The quantitative estimate of drug-likeness (QED) is 0.731. The summed E-state index contributed by atoms with van der Waals surface area (Å²) in [6.45, 7) is 1.83. The van der Waals surface area contributed by atoms with Crippen LogP contribution in [0.4, 0.5) is 0 Å². The molecule has 0 spiro atoms. The van der Waals surface area contributed by atoms with Crippen molar-refractivity contribution >= 4 is 29.9 Å². The Hall–Kier alpha value is -0.480. The third-order valence-corrected chi connectivity index (χ3v) is 3.79. The van der Waals surface area contributed by atoms with Crippen molar-refractivity contribution in [2.24, 2.45) is 0 Å². The molecule has 1 aliphatic heterocycles. The van der Waals surface area contributed by atoms with Gasteiger partial charge in [-0.3, -0.25) is 4.79 Å². The second-order valence-electron chi connectivity index (χ2n) is 3.52. The van der Waals surface area contributed by atoms with Gasteiger partial charge in [0.05, 0.1) is 4.88 Å². The predicted octanol–water partition coefficient (Wildman–Crippen LogP) is 2.66. The van der Waals surface area contributed by atoms with Crippen LogP contribution >= 0.6 is 24.0 Å². The molecule has 0 N–H and O–H groups in total. The summed E-state index contributed by atoms with van der Waals surface area (Å²) in [5.41, 5.74) is 0. The summed E-state index contributed by atoms with van der Waals surface area (Å²) in [6, 6.07) is 1.85. The van der Waals surface area contributed by atoms with Crippen LogP contribution in [0.2, 0.25) is 0 Å². The molecule has 2 heterocycles. The van der Waals surface area contributed by atoms with Gasteiger partial charge in [0, 0.05) is 23.4 Å². The van der Waals surface area contributed by atoms with Gasteiger partial charge in [0.2, 0.25) is 0 Å². The minimum Gasteiger partial charge on any atom is -0.338 e. The molecule has 14 heavy (non-hydrogen) atoms. The summed E-state index contributed by atoms with van der Waals surface area (Å²) < 4.78 is 0. The molecule has 1 aromatic heterocycles. The summed E-state index contributed by atoms with van der Waals surface area (Å²) >= 11 is 5.69.